The molecule has 0 spiro atoms. The quantitative estimate of drug-likeness (QED) is 0.210. The number of nitro groups is 1. The molecule has 7 nitrogen and oxygen atoms in total. The minimum atomic E-state index is -4.01. The largest absolute Gasteiger partial charge is 0.292 e. The second kappa shape index (κ2) is 9.51. The molecule has 0 heterocycles. The van der Waals surface area contributed by atoms with Crippen molar-refractivity contribution in [3.63, 3.8) is 0 Å². The fourth-order valence-electron chi connectivity index (χ4n) is 2.95. The van der Waals surface area contributed by atoms with Crippen molar-refractivity contribution in [2.75, 3.05) is 0 Å². The molecule has 3 aromatic rings. The zero-order chi connectivity index (χ0) is 22.6. The van der Waals surface area contributed by atoms with Crippen LogP contribution in [0.5, 0.6) is 0 Å². The molecule has 0 unspecified atom stereocenters. The van der Waals surface area contributed by atoms with E-state index in [0.29, 0.717) is 11.1 Å². The van der Waals surface area contributed by atoms with E-state index in [2.05, 4.69) is 20.7 Å². The second-order valence-electron chi connectivity index (χ2n) is 6.89. The first-order valence-electron chi connectivity index (χ1n) is 9.26. The molecule has 2 atom stereocenters. The molecule has 0 radical (unpaired) electrons. The van der Waals surface area contributed by atoms with E-state index in [4.69, 9.17) is 0 Å². The first-order chi connectivity index (χ1) is 14.7. The summed E-state index contributed by atoms with van der Waals surface area (Å²) in [5.41, 5.74) is 1.66. The number of hydrogen-bond donors (Lipinski definition) is 1. The molecule has 0 fully saturated rings. The number of aryl methyl sites for hydroxylation is 1. The summed E-state index contributed by atoms with van der Waals surface area (Å²) < 4.78 is 28.5. The first-order valence-corrected chi connectivity index (χ1v) is 11.7. The Hall–Kier alpha value is -2.88. The number of sulfonamides is 1. The summed E-state index contributed by atoms with van der Waals surface area (Å²) in [7, 11) is -4.01. The van der Waals surface area contributed by atoms with Crippen LogP contribution < -0.4 is 4.72 Å². The summed E-state index contributed by atoms with van der Waals surface area (Å²) in [5.74, 6) is -0.434. The van der Waals surface area contributed by atoms with Crippen molar-refractivity contribution in [3.05, 3.63) is 106 Å². The van der Waals surface area contributed by atoms with Crippen LogP contribution in [-0.4, -0.2) is 25.2 Å². The molecule has 0 aliphatic rings. The molecule has 0 saturated carbocycles. The van der Waals surface area contributed by atoms with Gasteiger partial charge in [0, 0.05) is 17.7 Å². The van der Waals surface area contributed by atoms with Crippen LogP contribution in [0, 0.1) is 17.0 Å². The third kappa shape index (κ3) is 5.43. The molecule has 3 aromatic carbocycles. The molecular weight excluding hydrogens is 484 g/mol. The summed E-state index contributed by atoms with van der Waals surface area (Å²) in [4.78, 5) is 22.9. The minimum Gasteiger partial charge on any atom is -0.292 e. The monoisotopic (exact) mass is 502 g/mol. The number of nitrogens with one attached hydrogen (secondary N) is 1. The van der Waals surface area contributed by atoms with E-state index in [-0.39, 0.29) is 10.6 Å². The third-order valence-electron chi connectivity index (χ3n) is 4.67. The summed E-state index contributed by atoms with van der Waals surface area (Å²) >= 11 is 3.43. The molecule has 1 N–H and O–H groups in total. The smallest absolute Gasteiger partial charge is 0.269 e. The van der Waals surface area contributed by atoms with Gasteiger partial charge in [-0.3, -0.25) is 14.9 Å². The van der Waals surface area contributed by atoms with Crippen molar-refractivity contribution < 1.29 is 18.1 Å². The molecular formula is C22H19BrN2O5S. The van der Waals surface area contributed by atoms with Crippen molar-refractivity contribution in [2.45, 2.75) is 22.7 Å². The van der Waals surface area contributed by atoms with Crippen molar-refractivity contribution in [3.8, 4) is 0 Å². The Bertz CT molecular complexity index is 1180. The van der Waals surface area contributed by atoms with Crippen molar-refractivity contribution in [1.29, 1.82) is 0 Å². The number of nitro benzene ring substituents is 1. The predicted molar refractivity (Wildman–Crippen MR) is 121 cm³/mol. The standard InChI is InChI=1S/C22H19BrN2O5S/c1-15-7-13-19(14-8-15)31(29,30)24-21(22(26)17-5-3-2-4-6-17)20(23)16-9-11-18(12-10-16)25(27)28/h2-14,20-21,24H,1H3/t20-,21-/m0/s1. The number of carbonyl (C=O) groups excluding carboxylic acids is 1. The lowest BCUT2D eigenvalue weighted by Crippen LogP contribution is -2.43. The van der Waals surface area contributed by atoms with E-state index < -0.39 is 31.6 Å². The molecule has 0 aromatic heterocycles. The third-order valence-corrected chi connectivity index (χ3v) is 7.18. The average molecular weight is 503 g/mol. The Labute approximate surface area is 188 Å². The summed E-state index contributed by atoms with van der Waals surface area (Å²) in [5, 5.41) is 10.9. The molecule has 0 bridgehead atoms. The van der Waals surface area contributed by atoms with Gasteiger partial charge < -0.3 is 0 Å². The number of Topliss-reactive ketones (excluding diaryl/α,β-unsaturated/α-hetero) is 1. The van der Waals surface area contributed by atoms with Crippen molar-refractivity contribution >= 4 is 37.4 Å². The van der Waals surface area contributed by atoms with Crippen LogP contribution in [0.3, 0.4) is 0 Å². The SMILES string of the molecule is Cc1ccc(S(=O)(=O)N[C@H](C(=O)c2ccccc2)[C@@H](Br)c2ccc([N+](=O)[O-])cc2)cc1. The van der Waals surface area contributed by atoms with E-state index in [1.807, 2.05) is 6.92 Å². The number of nitrogens with zero attached hydrogens (tertiary/aromatic N) is 1. The van der Waals surface area contributed by atoms with Crippen LogP contribution in [0.25, 0.3) is 0 Å². The lowest BCUT2D eigenvalue weighted by atomic mass is 9.98. The molecule has 0 saturated heterocycles. The molecule has 0 aliphatic carbocycles. The van der Waals surface area contributed by atoms with Crippen LogP contribution in [0.4, 0.5) is 5.69 Å². The number of rotatable bonds is 8. The zero-order valence-corrected chi connectivity index (χ0v) is 18.8. The highest BCUT2D eigenvalue weighted by Crippen LogP contribution is 2.31. The highest BCUT2D eigenvalue weighted by Gasteiger charge is 2.33. The predicted octanol–water partition coefficient (Wildman–Crippen LogP) is 4.57. The van der Waals surface area contributed by atoms with Gasteiger partial charge in [-0.05, 0) is 24.6 Å². The van der Waals surface area contributed by atoms with E-state index in [1.54, 1.807) is 42.5 Å². The minimum absolute atomic E-state index is 0.0346. The van der Waals surface area contributed by atoms with Gasteiger partial charge in [-0.25, -0.2) is 8.42 Å². The molecule has 9 heteroatoms. The fraction of sp³-hybridized carbons (Fsp3) is 0.136. The number of benzene rings is 3. The summed E-state index contributed by atoms with van der Waals surface area (Å²) in [6.45, 7) is 1.84. The highest BCUT2D eigenvalue weighted by molar-refractivity contribution is 9.09. The maximum atomic E-state index is 13.2. The van der Waals surface area contributed by atoms with E-state index >= 15 is 0 Å². The average Bonchev–Trinajstić information content (AvgIpc) is 2.77. The van der Waals surface area contributed by atoms with Gasteiger partial charge in [-0.1, -0.05) is 76.1 Å². The second-order valence-corrected chi connectivity index (χ2v) is 9.59. The van der Waals surface area contributed by atoms with Gasteiger partial charge in [0.05, 0.1) is 14.6 Å². The molecule has 31 heavy (non-hydrogen) atoms. The number of ketones is 1. The van der Waals surface area contributed by atoms with Gasteiger partial charge in [-0.15, -0.1) is 0 Å². The normalized spacial score (nSPS) is 13.4. The number of halogens is 1. The van der Waals surface area contributed by atoms with Crippen molar-refractivity contribution in [2.24, 2.45) is 0 Å². The van der Waals surface area contributed by atoms with Gasteiger partial charge >= 0.3 is 0 Å². The summed E-state index contributed by atoms with van der Waals surface area (Å²) in [6.07, 6.45) is 0. The Morgan fingerprint density at radius 1 is 0.968 bits per heavy atom. The van der Waals surface area contributed by atoms with E-state index in [9.17, 15) is 23.3 Å². The highest BCUT2D eigenvalue weighted by atomic mass is 79.9. The van der Waals surface area contributed by atoms with Crippen LogP contribution in [0.15, 0.2) is 83.8 Å². The Kier molecular flexibility index (Phi) is 6.99. The van der Waals surface area contributed by atoms with Crippen molar-refractivity contribution in [1.82, 2.24) is 4.72 Å². The van der Waals surface area contributed by atoms with E-state index in [0.717, 1.165) is 5.56 Å². The van der Waals surface area contributed by atoms with Gasteiger partial charge in [0.25, 0.3) is 5.69 Å². The molecule has 0 aliphatic heterocycles. The van der Waals surface area contributed by atoms with Crippen LogP contribution in [0.1, 0.15) is 26.3 Å². The Balaban J connectivity index is 1.99. The van der Waals surface area contributed by atoms with Gasteiger partial charge in [0.2, 0.25) is 10.0 Å². The topological polar surface area (TPSA) is 106 Å². The Morgan fingerprint density at radius 2 is 1.55 bits per heavy atom. The molecule has 160 valence electrons. The lowest BCUT2D eigenvalue weighted by molar-refractivity contribution is -0.384. The van der Waals surface area contributed by atoms with Crippen LogP contribution in [0.2, 0.25) is 0 Å². The Morgan fingerprint density at radius 3 is 2.10 bits per heavy atom. The zero-order valence-electron chi connectivity index (χ0n) is 16.4. The number of carbonyl (C=O) groups is 1. The van der Waals surface area contributed by atoms with Crippen LogP contribution in [-0.2, 0) is 10.0 Å². The van der Waals surface area contributed by atoms with Gasteiger partial charge in [-0.2, -0.15) is 4.72 Å². The van der Waals surface area contributed by atoms with E-state index in [1.165, 1.54) is 36.4 Å². The first kappa shape index (κ1) is 22.8. The lowest BCUT2D eigenvalue weighted by Gasteiger charge is -2.23. The fourth-order valence-corrected chi connectivity index (χ4v) is 5.01. The summed E-state index contributed by atoms with van der Waals surface area (Å²) in [6, 6.07) is 19.0. The number of non-ortho nitro benzene ring substituents is 1. The maximum absolute atomic E-state index is 13.2. The van der Waals surface area contributed by atoms with Gasteiger partial charge in [0.15, 0.2) is 5.78 Å². The number of hydrogen-bond acceptors (Lipinski definition) is 5. The maximum Gasteiger partial charge on any atom is 0.269 e. The van der Waals surface area contributed by atoms with Crippen LogP contribution >= 0.6 is 15.9 Å². The molecule has 0 amide bonds. The van der Waals surface area contributed by atoms with Gasteiger partial charge in [0.1, 0.15) is 6.04 Å². The molecule has 3 rings (SSSR count). The number of alkyl halides is 1.